The normalized spacial score (nSPS) is 15.1. The van der Waals surface area contributed by atoms with Gasteiger partial charge < -0.3 is 10.4 Å². The zero-order valence-electron chi connectivity index (χ0n) is 11.6. The van der Waals surface area contributed by atoms with Crippen molar-refractivity contribution in [3.05, 3.63) is 71.5 Å². The highest BCUT2D eigenvalue weighted by Gasteiger charge is 2.22. The number of aromatic nitrogens is 1. The third kappa shape index (κ3) is 1.93. The second-order valence-corrected chi connectivity index (χ2v) is 5.17. The summed E-state index contributed by atoms with van der Waals surface area (Å²) in [7, 11) is 0. The van der Waals surface area contributed by atoms with Crippen molar-refractivity contribution in [2.24, 2.45) is 0 Å². The van der Waals surface area contributed by atoms with E-state index in [1.54, 1.807) is 24.4 Å². The molecule has 0 fully saturated rings. The highest BCUT2D eigenvalue weighted by molar-refractivity contribution is 6.11. The van der Waals surface area contributed by atoms with E-state index in [9.17, 15) is 9.90 Å². The number of carbonyl (C=O) groups is 1. The molecule has 1 aliphatic heterocycles. The Kier molecular flexibility index (Phi) is 2.69. The van der Waals surface area contributed by atoms with Gasteiger partial charge in [-0.1, -0.05) is 30.3 Å². The lowest BCUT2D eigenvalue weighted by atomic mass is 10.1. The number of aromatic hydroxyl groups is 1. The van der Waals surface area contributed by atoms with Crippen LogP contribution in [0.3, 0.4) is 0 Å². The van der Waals surface area contributed by atoms with Crippen LogP contribution in [-0.4, -0.2) is 16.0 Å². The highest BCUT2D eigenvalue weighted by atomic mass is 16.3. The molecule has 1 amide bonds. The second kappa shape index (κ2) is 4.70. The molecule has 0 aliphatic carbocycles. The minimum absolute atomic E-state index is 0.0970. The predicted octanol–water partition coefficient (Wildman–Crippen LogP) is 3.18. The first kappa shape index (κ1) is 12.6. The lowest BCUT2D eigenvalue weighted by molar-refractivity contribution is 0.0981. The molecule has 1 aromatic heterocycles. The Morgan fingerprint density at radius 1 is 1.05 bits per heavy atom. The molecule has 3 aromatic rings. The number of pyridine rings is 1. The van der Waals surface area contributed by atoms with Crippen molar-refractivity contribution in [1.29, 1.82) is 0 Å². The molecule has 2 aromatic carbocycles. The summed E-state index contributed by atoms with van der Waals surface area (Å²) in [5.41, 5.74) is 3.02. The highest BCUT2D eigenvalue weighted by Crippen LogP contribution is 2.28. The summed E-state index contributed by atoms with van der Waals surface area (Å²) < 4.78 is 0. The second-order valence-electron chi connectivity index (χ2n) is 5.17. The van der Waals surface area contributed by atoms with Gasteiger partial charge in [0, 0.05) is 22.7 Å². The molecule has 4 heteroatoms. The zero-order valence-corrected chi connectivity index (χ0v) is 11.6. The fourth-order valence-corrected chi connectivity index (χ4v) is 2.69. The molecule has 22 heavy (non-hydrogen) atoms. The molecule has 106 valence electrons. The van der Waals surface area contributed by atoms with Crippen molar-refractivity contribution >= 4 is 28.5 Å². The number of nitrogens with zero attached hydrogens (tertiary/aromatic N) is 1. The van der Waals surface area contributed by atoms with E-state index in [-0.39, 0.29) is 11.7 Å². The quantitative estimate of drug-likeness (QED) is 0.723. The molecule has 2 heterocycles. The first-order chi connectivity index (χ1) is 10.7. The SMILES string of the molecule is O=C1N/C(=C\c2cc3cccc(O)c3cn2)c2ccccc21. The summed E-state index contributed by atoms with van der Waals surface area (Å²) in [6.07, 6.45) is 3.48. The molecule has 0 saturated carbocycles. The minimum Gasteiger partial charge on any atom is -0.507 e. The topological polar surface area (TPSA) is 62.2 Å². The Bertz CT molecular complexity index is 945. The number of benzene rings is 2. The number of carbonyl (C=O) groups excluding carboxylic acids is 1. The molecule has 0 atom stereocenters. The predicted molar refractivity (Wildman–Crippen MR) is 85.2 cm³/mol. The largest absolute Gasteiger partial charge is 0.507 e. The van der Waals surface area contributed by atoms with Gasteiger partial charge in [0.25, 0.3) is 5.91 Å². The van der Waals surface area contributed by atoms with Gasteiger partial charge >= 0.3 is 0 Å². The van der Waals surface area contributed by atoms with Crippen LogP contribution in [0.5, 0.6) is 5.75 Å². The van der Waals surface area contributed by atoms with Crippen LogP contribution < -0.4 is 5.32 Å². The molecule has 0 unspecified atom stereocenters. The molecule has 0 bridgehead atoms. The Balaban J connectivity index is 1.83. The first-order valence-corrected chi connectivity index (χ1v) is 6.92. The first-order valence-electron chi connectivity index (χ1n) is 6.92. The summed E-state index contributed by atoms with van der Waals surface area (Å²) in [5, 5.41) is 14.3. The third-order valence-corrected chi connectivity index (χ3v) is 3.77. The Morgan fingerprint density at radius 2 is 1.86 bits per heavy atom. The molecule has 0 saturated heterocycles. The van der Waals surface area contributed by atoms with Crippen molar-refractivity contribution in [2.45, 2.75) is 0 Å². The van der Waals surface area contributed by atoms with E-state index in [0.29, 0.717) is 10.9 Å². The standard InChI is InChI=1S/C18H12N2O2/c21-17-7-3-4-11-8-12(19-10-15(11)17)9-16-13-5-1-2-6-14(13)18(22)20-16/h1-10,21H,(H,20,22)/b16-9-. The molecule has 0 spiro atoms. The fourth-order valence-electron chi connectivity index (χ4n) is 2.69. The van der Waals surface area contributed by atoms with Crippen LogP contribution in [0, 0.1) is 0 Å². The van der Waals surface area contributed by atoms with E-state index in [0.717, 1.165) is 22.3 Å². The van der Waals surface area contributed by atoms with Gasteiger partial charge in [-0.15, -0.1) is 0 Å². The Hall–Kier alpha value is -3.14. The van der Waals surface area contributed by atoms with Gasteiger partial charge in [0.15, 0.2) is 0 Å². The summed E-state index contributed by atoms with van der Waals surface area (Å²) >= 11 is 0. The number of amides is 1. The van der Waals surface area contributed by atoms with E-state index < -0.39 is 0 Å². The molecular weight excluding hydrogens is 276 g/mol. The number of fused-ring (bicyclic) bond motifs is 2. The Morgan fingerprint density at radius 3 is 2.73 bits per heavy atom. The van der Waals surface area contributed by atoms with Gasteiger partial charge in [0.1, 0.15) is 5.75 Å². The third-order valence-electron chi connectivity index (χ3n) is 3.77. The lowest BCUT2D eigenvalue weighted by Crippen LogP contribution is -2.11. The fraction of sp³-hybridized carbons (Fsp3) is 0. The van der Waals surface area contributed by atoms with E-state index in [2.05, 4.69) is 10.3 Å². The maximum Gasteiger partial charge on any atom is 0.256 e. The minimum atomic E-state index is -0.0970. The maximum atomic E-state index is 11.9. The summed E-state index contributed by atoms with van der Waals surface area (Å²) in [5.74, 6) is 0.115. The van der Waals surface area contributed by atoms with Gasteiger partial charge in [-0.25, -0.2) is 0 Å². The monoisotopic (exact) mass is 288 g/mol. The molecular formula is C18H12N2O2. The molecule has 0 radical (unpaired) electrons. The van der Waals surface area contributed by atoms with Gasteiger partial charge in [-0.05, 0) is 29.7 Å². The van der Waals surface area contributed by atoms with Crippen LogP contribution in [-0.2, 0) is 0 Å². The van der Waals surface area contributed by atoms with Crippen LogP contribution in [0.4, 0.5) is 0 Å². The van der Waals surface area contributed by atoms with Gasteiger partial charge in [0.05, 0.1) is 11.4 Å². The van der Waals surface area contributed by atoms with Crippen molar-refractivity contribution in [2.75, 3.05) is 0 Å². The Labute approximate surface area is 126 Å². The smallest absolute Gasteiger partial charge is 0.256 e. The van der Waals surface area contributed by atoms with E-state index >= 15 is 0 Å². The molecule has 1 aliphatic rings. The summed E-state index contributed by atoms with van der Waals surface area (Å²) in [4.78, 5) is 16.3. The van der Waals surface area contributed by atoms with Gasteiger partial charge in [0.2, 0.25) is 0 Å². The van der Waals surface area contributed by atoms with Crippen molar-refractivity contribution in [3.63, 3.8) is 0 Å². The van der Waals surface area contributed by atoms with Crippen LogP contribution in [0.15, 0.2) is 54.7 Å². The number of hydrogen-bond donors (Lipinski definition) is 2. The molecule has 2 N–H and O–H groups in total. The number of rotatable bonds is 1. The van der Waals surface area contributed by atoms with Crippen LogP contribution in [0.1, 0.15) is 21.6 Å². The van der Waals surface area contributed by atoms with Crippen LogP contribution >= 0.6 is 0 Å². The van der Waals surface area contributed by atoms with E-state index in [4.69, 9.17) is 0 Å². The molecule has 4 rings (SSSR count). The lowest BCUT2D eigenvalue weighted by Gasteiger charge is -2.03. The number of phenolic OH excluding ortho intramolecular Hbond substituents is 1. The number of hydrogen-bond acceptors (Lipinski definition) is 3. The van der Waals surface area contributed by atoms with Crippen LogP contribution in [0.2, 0.25) is 0 Å². The molecule has 4 nitrogen and oxygen atoms in total. The van der Waals surface area contributed by atoms with E-state index in [1.807, 2.05) is 36.4 Å². The van der Waals surface area contributed by atoms with Crippen LogP contribution in [0.25, 0.3) is 22.5 Å². The summed E-state index contributed by atoms with van der Waals surface area (Å²) in [6.45, 7) is 0. The van der Waals surface area contributed by atoms with Crippen molar-refractivity contribution in [1.82, 2.24) is 10.3 Å². The summed E-state index contributed by atoms with van der Waals surface area (Å²) in [6, 6.07) is 14.7. The maximum absolute atomic E-state index is 11.9. The zero-order chi connectivity index (χ0) is 15.1. The number of nitrogens with one attached hydrogen (secondary N) is 1. The average molecular weight is 288 g/mol. The number of phenols is 1. The van der Waals surface area contributed by atoms with Gasteiger partial charge in [-0.2, -0.15) is 0 Å². The van der Waals surface area contributed by atoms with E-state index in [1.165, 1.54) is 0 Å². The van der Waals surface area contributed by atoms with Gasteiger partial charge in [-0.3, -0.25) is 9.78 Å². The van der Waals surface area contributed by atoms with Crippen molar-refractivity contribution in [3.8, 4) is 5.75 Å². The van der Waals surface area contributed by atoms with Crippen molar-refractivity contribution < 1.29 is 9.90 Å². The average Bonchev–Trinajstić information content (AvgIpc) is 2.84.